The minimum absolute atomic E-state index is 0.193. The maximum atomic E-state index is 10.2. The molecule has 3 nitrogen and oxygen atoms in total. The highest BCUT2D eigenvalue weighted by molar-refractivity contribution is 5.31. The van der Waals surface area contributed by atoms with E-state index in [2.05, 4.69) is 32.9 Å². The predicted octanol–water partition coefficient (Wildman–Crippen LogP) is 4.37. The molecule has 0 aliphatic carbocycles. The van der Waals surface area contributed by atoms with Gasteiger partial charge in [-0.05, 0) is 29.5 Å². The van der Waals surface area contributed by atoms with Gasteiger partial charge in [-0.15, -0.1) is 0 Å². The molecule has 0 saturated carbocycles. The summed E-state index contributed by atoms with van der Waals surface area (Å²) in [5.74, 6) is 0.855. The van der Waals surface area contributed by atoms with Crippen LogP contribution in [0.15, 0.2) is 24.3 Å². The van der Waals surface area contributed by atoms with Gasteiger partial charge in [-0.3, -0.25) is 0 Å². The quantitative estimate of drug-likeness (QED) is 0.568. The minimum Gasteiger partial charge on any atom is -0.491 e. The SMILES string of the molecule is CCCCCC(C)(C)c1ccc(OCCOCC[O])cc1. The summed E-state index contributed by atoms with van der Waals surface area (Å²) in [6, 6.07) is 8.34. The molecule has 1 rings (SSSR count). The van der Waals surface area contributed by atoms with E-state index in [0.29, 0.717) is 13.2 Å². The molecule has 21 heavy (non-hydrogen) atoms. The van der Waals surface area contributed by atoms with Crippen LogP contribution in [0.4, 0.5) is 0 Å². The van der Waals surface area contributed by atoms with Crippen LogP contribution in [0.25, 0.3) is 0 Å². The summed E-state index contributed by atoms with van der Waals surface area (Å²) in [5, 5.41) is 10.2. The molecular weight excluding hydrogens is 264 g/mol. The summed E-state index contributed by atoms with van der Waals surface area (Å²) >= 11 is 0. The van der Waals surface area contributed by atoms with Crippen molar-refractivity contribution < 1.29 is 14.6 Å². The molecule has 0 bridgehead atoms. The second-order valence-corrected chi connectivity index (χ2v) is 6.03. The summed E-state index contributed by atoms with van der Waals surface area (Å²) in [6.07, 6.45) is 5.05. The van der Waals surface area contributed by atoms with E-state index in [1.807, 2.05) is 12.1 Å². The van der Waals surface area contributed by atoms with Crippen molar-refractivity contribution in [3.05, 3.63) is 29.8 Å². The van der Waals surface area contributed by atoms with Gasteiger partial charge in [-0.2, -0.15) is 0 Å². The monoisotopic (exact) mass is 293 g/mol. The molecule has 1 aromatic rings. The zero-order valence-electron chi connectivity index (χ0n) is 13.7. The first-order valence-corrected chi connectivity index (χ1v) is 7.99. The van der Waals surface area contributed by atoms with Gasteiger partial charge in [0.25, 0.3) is 0 Å². The topological polar surface area (TPSA) is 38.4 Å². The van der Waals surface area contributed by atoms with Crippen molar-refractivity contribution in [1.82, 2.24) is 0 Å². The minimum atomic E-state index is -0.193. The number of ether oxygens (including phenoxy) is 2. The molecule has 0 unspecified atom stereocenters. The van der Waals surface area contributed by atoms with Gasteiger partial charge >= 0.3 is 0 Å². The van der Waals surface area contributed by atoms with E-state index in [0.717, 1.165) is 5.75 Å². The van der Waals surface area contributed by atoms with Gasteiger partial charge in [0.2, 0.25) is 0 Å². The molecule has 0 aliphatic heterocycles. The predicted molar refractivity (Wildman–Crippen MR) is 85.5 cm³/mol. The molecule has 1 aromatic carbocycles. The summed E-state index contributed by atoms with van der Waals surface area (Å²) < 4.78 is 10.7. The molecule has 0 amide bonds. The molecule has 0 spiro atoms. The smallest absolute Gasteiger partial charge is 0.119 e. The van der Waals surface area contributed by atoms with E-state index in [1.54, 1.807) is 0 Å². The molecule has 119 valence electrons. The fraction of sp³-hybridized carbons (Fsp3) is 0.667. The van der Waals surface area contributed by atoms with Crippen LogP contribution in [0, 0.1) is 0 Å². The van der Waals surface area contributed by atoms with E-state index in [4.69, 9.17) is 9.47 Å². The largest absolute Gasteiger partial charge is 0.491 e. The van der Waals surface area contributed by atoms with Crippen molar-refractivity contribution in [3.63, 3.8) is 0 Å². The van der Waals surface area contributed by atoms with Gasteiger partial charge in [-0.1, -0.05) is 52.2 Å². The van der Waals surface area contributed by atoms with Crippen molar-refractivity contribution >= 4 is 0 Å². The average Bonchev–Trinajstić information content (AvgIpc) is 2.48. The Kier molecular flexibility index (Phi) is 8.40. The lowest BCUT2D eigenvalue weighted by Gasteiger charge is -2.25. The lowest BCUT2D eigenvalue weighted by molar-refractivity contribution is 0.0486. The molecule has 0 fully saturated rings. The summed E-state index contributed by atoms with van der Waals surface area (Å²) in [6.45, 7) is 7.85. The Bertz CT molecular complexity index is 371. The van der Waals surface area contributed by atoms with E-state index >= 15 is 0 Å². The summed E-state index contributed by atoms with van der Waals surface area (Å²) in [7, 11) is 0. The Hall–Kier alpha value is -1.06. The van der Waals surface area contributed by atoms with Crippen LogP contribution in [-0.4, -0.2) is 26.4 Å². The fourth-order valence-corrected chi connectivity index (χ4v) is 2.34. The highest BCUT2D eigenvalue weighted by Gasteiger charge is 2.19. The molecular formula is C18H29O3. The molecule has 0 N–H and O–H groups in total. The molecule has 0 atom stereocenters. The Labute approximate surface area is 129 Å². The van der Waals surface area contributed by atoms with Gasteiger partial charge in [0, 0.05) is 0 Å². The van der Waals surface area contributed by atoms with E-state index in [1.165, 1.54) is 31.2 Å². The zero-order chi connectivity index (χ0) is 15.6. The van der Waals surface area contributed by atoms with Crippen molar-refractivity contribution in [3.8, 4) is 5.75 Å². The number of rotatable bonds is 11. The number of hydrogen-bond donors (Lipinski definition) is 0. The van der Waals surface area contributed by atoms with E-state index in [9.17, 15) is 5.11 Å². The number of benzene rings is 1. The fourth-order valence-electron chi connectivity index (χ4n) is 2.34. The lowest BCUT2D eigenvalue weighted by Crippen LogP contribution is -2.17. The van der Waals surface area contributed by atoms with Gasteiger partial charge in [0.1, 0.15) is 19.0 Å². The zero-order valence-corrected chi connectivity index (χ0v) is 13.7. The van der Waals surface area contributed by atoms with Crippen molar-refractivity contribution in [1.29, 1.82) is 0 Å². The average molecular weight is 293 g/mol. The summed E-state index contributed by atoms with van der Waals surface area (Å²) in [5.41, 5.74) is 1.57. The molecule has 0 aromatic heterocycles. The van der Waals surface area contributed by atoms with Crippen molar-refractivity contribution in [2.75, 3.05) is 26.4 Å². The number of hydrogen-bond acceptors (Lipinski definition) is 2. The first kappa shape index (κ1) is 18.0. The van der Waals surface area contributed by atoms with Gasteiger partial charge < -0.3 is 9.47 Å². The highest BCUT2D eigenvalue weighted by atomic mass is 16.5. The van der Waals surface area contributed by atoms with Gasteiger partial charge in [0.15, 0.2) is 0 Å². The van der Waals surface area contributed by atoms with Crippen LogP contribution in [-0.2, 0) is 15.3 Å². The highest BCUT2D eigenvalue weighted by Crippen LogP contribution is 2.30. The Balaban J connectivity index is 2.41. The third kappa shape index (κ3) is 6.96. The normalized spacial score (nSPS) is 11.6. The Morgan fingerprint density at radius 1 is 1.00 bits per heavy atom. The van der Waals surface area contributed by atoms with E-state index < -0.39 is 0 Å². The molecule has 0 saturated heterocycles. The third-order valence-electron chi connectivity index (χ3n) is 3.77. The number of unbranched alkanes of at least 4 members (excludes halogenated alkanes) is 2. The maximum absolute atomic E-state index is 10.2. The lowest BCUT2D eigenvalue weighted by atomic mass is 9.80. The van der Waals surface area contributed by atoms with Crippen LogP contribution in [0.5, 0.6) is 5.75 Å². The third-order valence-corrected chi connectivity index (χ3v) is 3.77. The van der Waals surface area contributed by atoms with E-state index in [-0.39, 0.29) is 18.6 Å². The maximum Gasteiger partial charge on any atom is 0.119 e. The summed E-state index contributed by atoms with van der Waals surface area (Å²) in [4.78, 5) is 0. The second-order valence-electron chi connectivity index (χ2n) is 6.03. The van der Waals surface area contributed by atoms with Gasteiger partial charge in [0.05, 0.1) is 13.2 Å². The van der Waals surface area contributed by atoms with Crippen molar-refractivity contribution in [2.45, 2.75) is 51.9 Å². The first-order chi connectivity index (χ1) is 10.1. The Morgan fingerprint density at radius 3 is 2.33 bits per heavy atom. The van der Waals surface area contributed by atoms with Crippen LogP contribution >= 0.6 is 0 Å². The Morgan fingerprint density at radius 2 is 1.71 bits per heavy atom. The van der Waals surface area contributed by atoms with Crippen LogP contribution in [0.2, 0.25) is 0 Å². The molecule has 0 heterocycles. The van der Waals surface area contributed by atoms with Gasteiger partial charge in [-0.25, -0.2) is 5.11 Å². The molecule has 0 aliphatic rings. The second kappa shape index (κ2) is 9.80. The van der Waals surface area contributed by atoms with Crippen molar-refractivity contribution in [2.24, 2.45) is 0 Å². The first-order valence-electron chi connectivity index (χ1n) is 7.99. The van der Waals surface area contributed by atoms with Crippen LogP contribution in [0.3, 0.4) is 0 Å². The van der Waals surface area contributed by atoms with Crippen LogP contribution in [0.1, 0.15) is 52.0 Å². The standard InChI is InChI=1S/C18H29O3/c1-4-5-6-11-18(2,3)16-7-9-17(10-8-16)21-15-14-20-13-12-19/h7-10H,4-6,11-15H2,1-3H3. The molecule has 1 radical (unpaired) electrons. The van der Waals surface area contributed by atoms with Crippen LogP contribution < -0.4 is 4.74 Å². The molecule has 3 heteroatoms.